The Bertz CT molecular complexity index is 1030. The van der Waals surface area contributed by atoms with Crippen LogP contribution in [0.15, 0.2) is 48.5 Å². The highest BCUT2D eigenvalue weighted by Crippen LogP contribution is 2.22. The Labute approximate surface area is 135 Å². The molecule has 0 aliphatic rings. The summed E-state index contributed by atoms with van der Waals surface area (Å²) in [5.74, 6) is 0.186. The van der Waals surface area contributed by atoms with Gasteiger partial charge in [-0.1, -0.05) is 23.7 Å². The minimum atomic E-state index is -0.522. The number of halogens is 1. The molecule has 114 valence electrons. The SMILES string of the molecule is COC(=O)c1nn(-c2ccc(Cl)cc2)c2nc3ccccc3n12. The molecule has 2 aromatic carbocycles. The molecule has 0 amide bonds. The maximum atomic E-state index is 12.1. The van der Waals surface area contributed by atoms with E-state index in [0.717, 1.165) is 16.7 Å². The number of para-hydroxylation sites is 2. The first-order valence-electron chi connectivity index (χ1n) is 6.89. The van der Waals surface area contributed by atoms with Crippen LogP contribution in [0.4, 0.5) is 0 Å². The maximum Gasteiger partial charge on any atom is 0.376 e. The minimum absolute atomic E-state index is 0.172. The van der Waals surface area contributed by atoms with Crippen LogP contribution >= 0.6 is 11.6 Å². The van der Waals surface area contributed by atoms with Gasteiger partial charge in [0, 0.05) is 5.02 Å². The number of ether oxygens (including phenoxy) is 1. The van der Waals surface area contributed by atoms with Crippen molar-refractivity contribution in [2.75, 3.05) is 7.11 Å². The fourth-order valence-corrected chi connectivity index (χ4v) is 2.65. The number of esters is 1. The molecule has 0 saturated carbocycles. The number of rotatable bonds is 2. The summed E-state index contributed by atoms with van der Waals surface area (Å²) in [6, 6.07) is 14.7. The van der Waals surface area contributed by atoms with Crippen molar-refractivity contribution in [2.24, 2.45) is 0 Å². The van der Waals surface area contributed by atoms with Crippen LogP contribution in [0.25, 0.3) is 22.5 Å². The smallest absolute Gasteiger partial charge is 0.376 e. The van der Waals surface area contributed by atoms with Crippen molar-refractivity contribution in [3.05, 3.63) is 59.4 Å². The van der Waals surface area contributed by atoms with Crippen LogP contribution in [-0.4, -0.2) is 32.2 Å². The monoisotopic (exact) mass is 326 g/mol. The van der Waals surface area contributed by atoms with Crippen molar-refractivity contribution in [1.29, 1.82) is 0 Å². The highest BCUT2D eigenvalue weighted by molar-refractivity contribution is 6.30. The van der Waals surface area contributed by atoms with E-state index in [1.165, 1.54) is 7.11 Å². The molecular weight excluding hydrogens is 316 g/mol. The molecule has 0 unspecified atom stereocenters. The van der Waals surface area contributed by atoms with Gasteiger partial charge in [-0.25, -0.2) is 9.78 Å². The molecule has 6 nitrogen and oxygen atoms in total. The lowest BCUT2D eigenvalue weighted by Gasteiger charge is -2.00. The number of hydrogen-bond donors (Lipinski definition) is 0. The first-order valence-corrected chi connectivity index (χ1v) is 7.27. The third-order valence-corrected chi connectivity index (χ3v) is 3.83. The van der Waals surface area contributed by atoms with Crippen molar-refractivity contribution in [1.82, 2.24) is 19.2 Å². The molecule has 0 aliphatic heterocycles. The summed E-state index contributed by atoms with van der Waals surface area (Å²) in [6.45, 7) is 0. The number of hydrogen-bond acceptors (Lipinski definition) is 4. The highest BCUT2D eigenvalue weighted by atomic mass is 35.5. The maximum absolute atomic E-state index is 12.1. The van der Waals surface area contributed by atoms with E-state index in [-0.39, 0.29) is 5.82 Å². The molecule has 0 saturated heterocycles. The molecule has 2 heterocycles. The van der Waals surface area contributed by atoms with Crippen LogP contribution in [-0.2, 0) is 4.74 Å². The second-order valence-electron chi connectivity index (χ2n) is 4.94. The second kappa shape index (κ2) is 5.10. The zero-order valence-corrected chi connectivity index (χ0v) is 12.9. The largest absolute Gasteiger partial charge is 0.463 e. The first-order chi connectivity index (χ1) is 11.2. The molecule has 0 atom stereocenters. The lowest BCUT2D eigenvalue weighted by Crippen LogP contribution is -2.07. The molecule has 0 radical (unpaired) electrons. The van der Waals surface area contributed by atoms with Gasteiger partial charge >= 0.3 is 5.97 Å². The topological polar surface area (TPSA) is 61.4 Å². The van der Waals surface area contributed by atoms with Gasteiger partial charge in [-0.05, 0) is 36.4 Å². The molecule has 0 bridgehead atoms. The van der Waals surface area contributed by atoms with Crippen molar-refractivity contribution in [3.63, 3.8) is 0 Å². The molecule has 4 rings (SSSR count). The molecule has 23 heavy (non-hydrogen) atoms. The van der Waals surface area contributed by atoms with Gasteiger partial charge in [0.1, 0.15) is 0 Å². The number of carbonyl (C=O) groups is 1. The van der Waals surface area contributed by atoms with Gasteiger partial charge in [-0.3, -0.25) is 4.40 Å². The summed E-state index contributed by atoms with van der Waals surface area (Å²) in [7, 11) is 1.33. The van der Waals surface area contributed by atoms with E-state index in [1.807, 2.05) is 36.4 Å². The third-order valence-electron chi connectivity index (χ3n) is 3.58. The molecule has 0 N–H and O–H groups in total. The normalized spacial score (nSPS) is 11.2. The second-order valence-corrected chi connectivity index (χ2v) is 5.38. The fraction of sp³-hybridized carbons (Fsp3) is 0.0625. The Morgan fingerprint density at radius 2 is 1.87 bits per heavy atom. The van der Waals surface area contributed by atoms with Gasteiger partial charge in [0.05, 0.1) is 23.8 Å². The van der Waals surface area contributed by atoms with Gasteiger partial charge < -0.3 is 4.74 Å². The Balaban J connectivity index is 2.08. The molecule has 2 aromatic heterocycles. The van der Waals surface area contributed by atoms with Crippen molar-refractivity contribution >= 4 is 34.4 Å². The Morgan fingerprint density at radius 3 is 2.61 bits per heavy atom. The van der Waals surface area contributed by atoms with Crippen LogP contribution < -0.4 is 0 Å². The number of fused-ring (bicyclic) bond motifs is 3. The summed E-state index contributed by atoms with van der Waals surface area (Å²) in [5, 5.41) is 4.99. The summed E-state index contributed by atoms with van der Waals surface area (Å²) in [4.78, 5) is 16.7. The number of carbonyl (C=O) groups excluding carboxylic acids is 1. The molecule has 0 fully saturated rings. The zero-order chi connectivity index (χ0) is 16.0. The summed E-state index contributed by atoms with van der Waals surface area (Å²) in [5.41, 5.74) is 2.32. The molecule has 4 aromatic rings. The quantitative estimate of drug-likeness (QED) is 0.531. The van der Waals surface area contributed by atoms with Crippen molar-refractivity contribution in [3.8, 4) is 5.69 Å². The van der Waals surface area contributed by atoms with Crippen molar-refractivity contribution in [2.45, 2.75) is 0 Å². The number of methoxy groups -OCH3 is 1. The number of aromatic nitrogens is 4. The van der Waals surface area contributed by atoms with Crippen LogP contribution in [0, 0.1) is 0 Å². The molecule has 0 aliphatic carbocycles. The van der Waals surface area contributed by atoms with Gasteiger partial charge in [0.25, 0.3) is 0 Å². The molecule has 0 spiro atoms. The van der Waals surface area contributed by atoms with Crippen LogP contribution in [0.3, 0.4) is 0 Å². The highest BCUT2D eigenvalue weighted by Gasteiger charge is 2.22. The summed E-state index contributed by atoms with van der Waals surface area (Å²) < 4.78 is 8.14. The minimum Gasteiger partial charge on any atom is -0.463 e. The third kappa shape index (κ3) is 2.07. The van der Waals surface area contributed by atoms with Crippen LogP contribution in [0.5, 0.6) is 0 Å². The van der Waals surface area contributed by atoms with Gasteiger partial charge in [0.2, 0.25) is 11.6 Å². The average Bonchev–Trinajstić information content (AvgIpc) is 3.12. The van der Waals surface area contributed by atoms with E-state index in [0.29, 0.717) is 10.8 Å². The molecular formula is C16H11ClN4O2. The van der Waals surface area contributed by atoms with Crippen LogP contribution in [0.2, 0.25) is 5.02 Å². The van der Waals surface area contributed by atoms with Gasteiger partial charge in [-0.15, -0.1) is 5.10 Å². The molecule has 7 heteroatoms. The standard InChI is InChI=1S/C16H11ClN4O2/c1-23-15(22)14-19-21(11-8-6-10(17)7-9-11)16-18-12-4-2-3-5-13(12)20(14)16/h2-9H,1H3. The Morgan fingerprint density at radius 1 is 1.13 bits per heavy atom. The number of imidazole rings is 1. The van der Waals surface area contributed by atoms with Crippen LogP contribution in [0.1, 0.15) is 10.6 Å². The predicted molar refractivity (Wildman–Crippen MR) is 86.2 cm³/mol. The van der Waals surface area contributed by atoms with E-state index >= 15 is 0 Å². The van der Waals surface area contributed by atoms with Gasteiger partial charge in [0.15, 0.2) is 0 Å². The van der Waals surface area contributed by atoms with E-state index < -0.39 is 5.97 Å². The Kier molecular flexibility index (Phi) is 3.06. The Hall–Kier alpha value is -2.86. The summed E-state index contributed by atoms with van der Waals surface area (Å²) in [6.07, 6.45) is 0. The first kappa shape index (κ1) is 13.8. The number of benzene rings is 2. The van der Waals surface area contributed by atoms with Crippen molar-refractivity contribution < 1.29 is 9.53 Å². The van der Waals surface area contributed by atoms with E-state index in [1.54, 1.807) is 21.2 Å². The van der Waals surface area contributed by atoms with E-state index in [4.69, 9.17) is 16.3 Å². The average molecular weight is 327 g/mol. The lowest BCUT2D eigenvalue weighted by molar-refractivity contribution is 0.0585. The number of nitrogens with zero attached hydrogens (tertiary/aromatic N) is 4. The lowest BCUT2D eigenvalue weighted by atomic mass is 10.3. The van der Waals surface area contributed by atoms with E-state index in [9.17, 15) is 4.79 Å². The fourth-order valence-electron chi connectivity index (χ4n) is 2.53. The van der Waals surface area contributed by atoms with Gasteiger partial charge in [-0.2, -0.15) is 4.68 Å². The van der Waals surface area contributed by atoms with E-state index in [2.05, 4.69) is 10.1 Å². The predicted octanol–water partition coefficient (Wildman–Crippen LogP) is 3.11. The summed E-state index contributed by atoms with van der Waals surface area (Å²) >= 11 is 5.94. The zero-order valence-electron chi connectivity index (χ0n) is 12.1.